The van der Waals surface area contributed by atoms with Gasteiger partial charge in [-0.2, -0.15) is 0 Å². The van der Waals surface area contributed by atoms with Gasteiger partial charge in [0.1, 0.15) is 5.52 Å². The lowest BCUT2D eigenvalue weighted by Gasteiger charge is -2.11. The van der Waals surface area contributed by atoms with E-state index in [1.807, 2.05) is 30.3 Å². The zero-order chi connectivity index (χ0) is 14.8. The molecule has 0 spiro atoms. The minimum Gasteiger partial charge on any atom is -0.478 e. The average Bonchev–Trinajstić information content (AvgIpc) is 2.91. The predicted molar refractivity (Wildman–Crippen MR) is 76.3 cm³/mol. The molecule has 0 saturated carbocycles. The van der Waals surface area contributed by atoms with Gasteiger partial charge in [0.2, 0.25) is 5.89 Å². The van der Waals surface area contributed by atoms with Gasteiger partial charge in [-0.25, -0.2) is 9.78 Å². The van der Waals surface area contributed by atoms with Crippen molar-refractivity contribution in [2.45, 2.75) is 6.10 Å². The number of carboxylic acids is 1. The minimum absolute atomic E-state index is 0.177. The molecule has 1 heterocycles. The Morgan fingerprint density at radius 1 is 1.24 bits per heavy atom. The lowest BCUT2D eigenvalue weighted by atomic mass is 10.1. The summed E-state index contributed by atoms with van der Waals surface area (Å²) in [6, 6.07) is 14.2. The maximum Gasteiger partial charge on any atom is 0.335 e. The van der Waals surface area contributed by atoms with Crippen molar-refractivity contribution in [1.29, 1.82) is 0 Å². The number of carboxylic acid groups (broad SMARTS) is 1. The van der Waals surface area contributed by atoms with Crippen LogP contribution in [-0.4, -0.2) is 23.2 Å². The molecular weight excluding hydrogens is 270 g/mol. The van der Waals surface area contributed by atoms with Gasteiger partial charge < -0.3 is 14.3 Å². The molecule has 0 fully saturated rings. The van der Waals surface area contributed by atoms with Gasteiger partial charge in [0.25, 0.3) is 0 Å². The number of nitrogens with zero attached hydrogens (tertiary/aromatic N) is 1. The molecule has 0 aliphatic carbocycles. The van der Waals surface area contributed by atoms with Crippen LogP contribution in [-0.2, 0) is 4.74 Å². The van der Waals surface area contributed by atoms with Crippen LogP contribution in [0.25, 0.3) is 11.1 Å². The Morgan fingerprint density at radius 2 is 2.00 bits per heavy atom. The smallest absolute Gasteiger partial charge is 0.335 e. The second-order valence-electron chi connectivity index (χ2n) is 4.57. The van der Waals surface area contributed by atoms with Crippen LogP contribution in [0.5, 0.6) is 0 Å². The van der Waals surface area contributed by atoms with E-state index in [0.29, 0.717) is 17.0 Å². The highest BCUT2D eigenvalue weighted by Crippen LogP contribution is 2.28. The number of aromatic carboxylic acids is 1. The number of hydrogen-bond donors (Lipinski definition) is 1. The van der Waals surface area contributed by atoms with Crippen LogP contribution in [0.2, 0.25) is 0 Å². The molecule has 5 nitrogen and oxygen atoms in total. The molecule has 3 aromatic rings. The number of hydrogen-bond acceptors (Lipinski definition) is 4. The van der Waals surface area contributed by atoms with Crippen LogP contribution in [0.15, 0.2) is 52.9 Å². The van der Waals surface area contributed by atoms with Crippen molar-refractivity contribution >= 4 is 17.1 Å². The Morgan fingerprint density at radius 3 is 2.67 bits per heavy atom. The number of oxazole rings is 1. The fourth-order valence-electron chi connectivity index (χ4n) is 2.20. The first-order chi connectivity index (χ1) is 10.2. The van der Waals surface area contributed by atoms with Crippen molar-refractivity contribution < 1.29 is 19.1 Å². The lowest BCUT2D eigenvalue weighted by molar-refractivity contribution is 0.0697. The van der Waals surface area contributed by atoms with Crippen LogP contribution in [0.4, 0.5) is 0 Å². The van der Waals surface area contributed by atoms with Crippen molar-refractivity contribution in [3.63, 3.8) is 0 Å². The van der Waals surface area contributed by atoms with E-state index in [1.54, 1.807) is 13.2 Å². The molecule has 0 bridgehead atoms. The Labute approximate surface area is 120 Å². The Bertz CT molecular complexity index is 779. The first-order valence-electron chi connectivity index (χ1n) is 6.40. The maximum atomic E-state index is 11.0. The van der Waals surface area contributed by atoms with Gasteiger partial charge in [-0.05, 0) is 23.8 Å². The highest BCUT2D eigenvalue weighted by molar-refractivity contribution is 5.91. The summed E-state index contributed by atoms with van der Waals surface area (Å²) < 4.78 is 11.1. The van der Waals surface area contributed by atoms with Gasteiger partial charge >= 0.3 is 5.97 Å². The summed E-state index contributed by atoms with van der Waals surface area (Å²) in [6.07, 6.45) is -0.424. The summed E-state index contributed by atoms with van der Waals surface area (Å²) in [5.41, 5.74) is 2.14. The molecule has 1 atom stereocenters. The molecule has 0 saturated heterocycles. The quantitative estimate of drug-likeness (QED) is 0.795. The van der Waals surface area contributed by atoms with Crippen LogP contribution in [0.1, 0.15) is 27.9 Å². The average molecular weight is 283 g/mol. The monoisotopic (exact) mass is 283 g/mol. The van der Waals surface area contributed by atoms with Gasteiger partial charge in [0.15, 0.2) is 11.7 Å². The van der Waals surface area contributed by atoms with Crippen molar-refractivity contribution in [2.24, 2.45) is 0 Å². The third kappa shape index (κ3) is 2.51. The number of aromatic nitrogens is 1. The van der Waals surface area contributed by atoms with E-state index < -0.39 is 12.1 Å². The molecular formula is C16H13NO4. The molecule has 0 aliphatic rings. The summed E-state index contributed by atoms with van der Waals surface area (Å²) in [5.74, 6) is -0.589. The van der Waals surface area contributed by atoms with E-state index in [-0.39, 0.29) is 5.56 Å². The molecule has 21 heavy (non-hydrogen) atoms. The SMILES string of the molecule is COC(c1ccccc1)c1nc2cc(C(=O)O)ccc2o1. The van der Waals surface area contributed by atoms with Gasteiger partial charge in [-0.15, -0.1) is 0 Å². The summed E-state index contributed by atoms with van der Waals surface area (Å²) in [5, 5.41) is 9.00. The Balaban J connectivity index is 2.05. The van der Waals surface area contributed by atoms with E-state index in [2.05, 4.69) is 4.98 Å². The molecule has 0 radical (unpaired) electrons. The largest absolute Gasteiger partial charge is 0.478 e. The summed E-state index contributed by atoms with van der Waals surface area (Å²) in [4.78, 5) is 15.3. The summed E-state index contributed by atoms with van der Waals surface area (Å²) in [7, 11) is 1.58. The third-order valence-electron chi connectivity index (χ3n) is 3.21. The van der Waals surface area contributed by atoms with Crippen molar-refractivity contribution in [1.82, 2.24) is 4.98 Å². The summed E-state index contributed by atoms with van der Waals surface area (Å²) >= 11 is 0. The molecule has 1 N–H and O–H groups in total. The van der Waals surface area contributed by atoms with Crippen LogP contribution in [0.3, 0.4) is 0 Å². The topological polar surface area (TPSA) is 72.6 Å². The fraction of sp³-hybridized carbons (Fsp3) is 0.125. The van der Waals surface area contributed by atoms with Crippen molar-refractivity contribution in [3.8, 4) is 0 Å². The zero-order valence-corrected chi connectivity index (χ0v) is 11.3. The molecule has 3 rings (SSSR count). The first kappa shape index (κ1) is 13.3. The van der Waals surface area contributed by atoms with Crippen molar-refractivity contribution in [3.05, 3.63) is 65.5 Å². The van der Waals surface area contributed by atoms with E-state index in [1.165, 1.54) is 12.1 Å². The molecule has 1 unspecified atom stereocenters. The van der Waals surface area contributed by atoms with E-state index in [9.17, 15) is 4.79 Å². The maximum absolute atomic E-state index is 11.0. The van der Waals surface area contributed by atoms with Gasteiger partial charge in [-0.3, -0.25) is 0 Å². The molecule has 2 aromatic carbocycles. The number of carbonyl (C=O) groups is 1. The van der Waals surface area contributed by atoms with Crippen LogP contribution in [0, 0.1) is 0 Å². The van der Waals surface area contributed by atoms with E-state index in [0.717, 1.165) is 5.56 Å². The third-order valence-corrected chi connectivity index (χ3v) is 3.21. The lowest BCUT2D eigenvalue weighted by Crippen LogP contribution is -2.03. The highest BCUT2D eigenvalue weighted by Gasteiger charge is 2.20. The van der Waals surface area contributed by atoms with Gasteiger partial charge in [-0.1, -0.05) is 30.3 Å². The van der Waals surface area contributed by atoms with Gasteiger partial charge in [0.05, 0.1) is 5.56 Å². The highest BCUT2D eigenvalue weighted by atomic mass is 16.5. The standard InChI is InChI=1S/C16H13NO4/c1-20-14(10-5-3-2-4-6-10)15-17-12-9-11(16(18)19)7-8-13(12)21-15/h2-9,14H,1H3,(H,18,19). The molecule has 5 heteroatoms. The van der Waals surface area contributed by atoms with E-state index in [4.69, 9.17) is 14.3 Å². The van der Waals surface area contributed by atoms with Crippen LogP contribution < -0.4 is 0 Å². The number of fused-ring (bicyclic) bond motifs is 1. The molecule has 0 amide bonds. The molecule has 1 aromatic heterocycles. The van der Waals surface area contributed by atoms with Crippen LogP contribution >= 0.6 is 0 Å². The Kier molecular flexibility index (Phi) is 3.41. The number of ether oxygens (including phenoxy) is 1. The second kappa shape index (κ2) is 5.38. The van der Waals surface area contributed by atoms with Gasteiger partial charge in [0, 0.05) is 7.11 Å². The number of benzene rings is 2. The fourth-order valence-corrected chi connectivity index (χ4v) is 2.20. The minimum atomic E-state index is -0.993. The summed E-state index contributed by atoms with van der Waals surface area (Å²) in [6.45, 7) is 0. The Hall–Kier alpha value is -2.66. The van der Waals surface area contributed by atoms with Crippen molar-refractivity contribution in [2.75, 3.05) is 7.11 Å². The normalized spacial score (nSPS) is 12.4. The first-order valence-corrected chi connectivity index (χ1v) is 6.40. The molecule has 0 aliphatic heterocycles. The predicted octanol–water partition coefficient (Wildman–Crippen LogP) is 3.26. The molecule has 106 valence electrons. The van der Waals surface area contributed by atoms with E-state index >= 15 is 0 Å². The number of methoxy groups -OCH3 is 1. The second-order valence-corrected chi connectivity index (χ2v) is 4.57. The number of rotatable bonds is 4. The zero-order valence-electron chi connectivity index (χ0n) is 11.3.